The van der Waals surface area contributed by atoms with E-state index in [1.807, 2.05) is 0 Å². The molecule has 1 amide bonds. The Balaban J connectivity index is 1.61. The number of hydrogen-bond acceptors (Lipinski definition) is 4. The zero-order valence-electron chi connectivity index (χ0n) is 14.4. The molecule has 3 rings (SSSR count). The molecular formula is C20H22FNO4. The second-order valence-corrected chi connectivity index (χ2v) is 6.28. The van der Waals surface area contributed by atoms with Gasteiger partial charge in [-0.3, -0.25) is 4.79 Å². The van der Waals surface area contributed by atoms with Crippen LogP contribution in [0, 0.1) is 11.7 Å². The third kappa shape index (κ3) is 4.59. The van der Waals surface area contributed by atoms with Gasteiger partial charge in [0.1, 0.15) is 18.2 Å². The number of nitrogens with zero attached hydrogens (tertiary/aromatic N) is 1. The normalized spacial score (nSPS) is 17.6. The van der Waals surface area contributed by atoms with Crippen molar-refractivity contribution in [2.24, 2.45) is 5.92 Å². The molecule has 0 radical (unpaired) electrons. The molecule has 0 aliphatic carbocycles. The fraction of sp³-hybridized carbons (Fsp3) is 0.350. The molecule has 1 saturated heterocycles. The fourth-order valence-corrected chi connectivity index (χ4v) is 2.83. The van der Waals surface area contributed by atoms with Crippen LogP contribution in [0.25, 0.3) is 0 Å². The van der Waals surface area contributed by atoms with E-state index in [-0.39, 0.29) is 30.9 Å². The number of carbonyl (C=O) groups excluding carboxylic acids is 1. The van der Waals surface area contributed by atoms with E-state index in [1.54, 1.807) is 47.4 Å². The summed E-state index contributed by atoms with van der Waals surface area (Å²) in [6, 6.07) is 13.2. The van der Waals surface area contributed by atoms with Crippen LogP contribution in [-0.2, 0) is 11.3 Å². The lowest BCUT2D eigenvalue weighted by molar-refractivity contribution is 0.0728. The molecule has 1 N–H and O–H groups in total. The van der Waals surface area contributed by atoms with Crippen molar-refractivity contribution in [1.29, 1.82) is 0 Å². The summed E-state index contributed by atoms with van der Waals surface area (Å²) in [5.74, 6) is 0.0952. The Hall–Kier alpha value is -2.44. The summed E-state index contributed by atoms with van der Waals surface area (Å²) >= 11 is 0. The van der Waals surface area contributed by atoms with E-state index in [4.69, 9.17) is 9.47 Å². The summed E-state index contributed by atoms with van der Waals surface area (Å²) in [5, 5.41) is 9.33. The largest absolute Gasteiger partial charge is 0.489 e. The Morgan fingerprint density at radius 2 is 2.00 bits per heavy atom. The first-order valence-corrected chi connectivity index (χ1v) is 8.61. The third-order valence-corrected chi connectivity index (χ3v) is 4.34. The minimum absolute atomic E-state index is 0.00734. The number of halogens is 1. The zero-order chi connectivity index (χ0) is 18.4. The van der Waals surface area contributed by atoms with Crippen LogP contribution in [0.2, 0.25) is 0 Å². The summed E-state index contributed by atoms with van der Waals surface area (Å²) in [6.45, 7) is 2.02. The van der Waals surface area contributed by atoms with Gasteiger partial charge in [0, 0.05) is 36.7 Å². The van der Waals surface area contributed by atoms with Crippen LogP contribution >= 0.6 is 0 Å². The maximum atomic E-state index is 13.6. The van der Waals surface area contributed by atoms with Crippen molar-refractivity contribution in [3.05, 3.63) is 65.5 Å². The summed E-state index contributed by atoms with van der Waals surface area (Å²) in [6.07, 6.45) is 0. The van der Waals surface area contributed by atoms with Gasteiger partial charge < -0.3 is 19.5 Å². The zero-order valence-corrected chi connectivity index (χ0v) is 14.4. The minimum atomic E-state index is -0.305. The van der Waals surface area contributed by atoms with E-state index in [0.717, 1.165) is 0 Å². The molecule has 0 saturated carbocycles. The van der Waals surface area contributed by atoms with Gasteiger partial charge in [0.15, 0.2) is 0 Å². The van der Waals surface area contributed by atoms with Crippen molar-refractivity contribution in [1.82, 2.24) is 4.90 Å². The van der Waals surface area contributed by atoms with Gasteiger partial charge in [-0.05, 0) is 30.3 Å². The molecule has 1 aliphatic heterocycles. The highest BCUT2D eigenvalue weighted by molar-refractivity contribution is 5.94. The SMILES string of the molecule is O=C(c1ccc(OCc2ccccc2F)cc1)N1CCOC[C@@H](CO)C1. The maximum absolute atomic E-state index is 13.6. The van der Waals surface area contributed by atoms with E-state index >= 15 is 0 Å². The van der Waals surface area contributed by atoms with Crippen molar-refractivity contribution in [2.75, 3.05) is 32.9 Å². The molecule has 1 aliphatic rings. The third-order valence-electron chi connectivity index (χ3n) is 4.34. The Morgan fingerprint density at radius 3 is 2.73 bits per heavy atom. The maximum Gasteiger partial charge on any atom is 0.253 e. The number of aliphatic hydroxyl groups excluding tert-OH is 1. The van der Waals surface area contributed by atoms with Crippen molar-refractivity contribution in [3.63, 3.8) is 0 Å². The molecule has 0 bridgehead atoms. The molecular weight excluding hydrogens is 337 g/mol. The van der Waals surface area contributed by atoms with Gasteiger partial charge in [0.25, 0.3) is 5.91 Å². The first kappa shape index (κ1) is 18.4. The quantitative estimate of drug-likeness (QED) is 0.891. The lowest BCUT2D eigenvalue weighted by Gasteiger charge is -2.22. The molecule has 0 spiro atoms. The summed E-state index contributed by atoms with van der Waals surface area (Å²) in [4.78, 5) is 14.3. The number of hydrogen-bond donors (Lipinski definition) is 1. The number of rotatable bonds is 5. The van der Waals surface area contributed by atoms with Gasteiger partial charge in [-0.1, -0.05) is 18.2 Å². The van der Waals surface area contributed by atoms with Crippen molar-refractivity contribution in [2.45, 2.75) is 6.61 Å². The summed E-state index contributed by atoms with van der Waals surface area (Å²) < 4.78 is 24.6. The van der Waals surface area contributed by atoms with E-state index in [2.05, 4.69) is 0 Å². The first-order valence-electron chi connectivity index (χ1n) is 8.61. The molecule has 138 valence electrons. The molecule has 1 heterocycles. The van der Waals surface area contributed by atoms with Gasteiger partial charge in [-0.25, -0.2) is 4.39 Å². The smallest absolute Gasteiger partial charge is 0.253 e. The van der Waals surface area contributed by atoms with Gasteiger partial charge in [0.2, 0.25) is 0 Å². The van der Waals surface area contributed by atoms with Crippen LogP contribution in [0.15, 0.2) is 48.5 Å². The number of amides is 1. The molecule has 6 heteroatoms. The molecule has 2 aromatic rings. The van der Waals surface area contributed by atoms with Gasteiger partial charge in [-0.15, -0.1) is 0 Å². The molecule has 0 aromatic heterocycles. The molecule has 5 nitrogen and oxygen atoms in total. The number of carbonyl (C=O) groups is 1. The molecule has 1 atom stereocenters. The second-order valence-electron chi connectivity index (χ2n) is 6.28. The van der Waals surface area contributed by atoms with Crippen LogP contribution in [0.5, 0.6) is 5.75 Å². The summed E-state index contributed by atoms with van der Waals surface area (Å²) in [7, 11) is 0. The highest BCUT2D eigenvalue weighted by Gasteiger charge is 2.23. The first-order chi connectivity index (χ1) is 12.7. The monoisotopic (exact) mass is 359 g/mol. The Labute approximate surface area is 152 Å². The van der Waals surface area contributed by atoms with Gasteiger partial charge in [-0.2, -0.15) is 0 Å². The molecule has 1 fully saturated rings. The van der Waals surface area contributed by atoms with Crippen molar-refractivity contribution in [3.8, 4) is 5.75 Å². The second kappa shape index (κ2) is 8.78. The van der Waals surface area contributed by atoms with Gasteiger partial charge in [0.05, 0.1) is 13.2 Å². The van der Waals surface area contributed by atoms with E-state index in [9.17, 15) is 14.3 Å². The highest BCUT2D eigenvalue weighted by Crippen LogP contribution is 2.18. The topological polar surface area (TPSA) is 59.0 Å². The minimum Gasteiger partial charge on any atom is -0.489 e. The lowest BCUT2D eigenvalue weighted by atomic mass is 10.1. The Bertz CT molecular complexity index is 735. The van der Waals surface area contributed by atoms with E-state index in [1.165, 1.54) is 6.07 Å². The Morgan fingerprint density at radius 1 is 1.23 bits per heavy atom. The number of benzene rings is 2. The predicted octanol–water partition coefficient (Wildman–Crippen LogP) is 2.49. The Kier molecular flexibility index (Phi) is 6.20. The lowest BCUT2D eigenvalue weighted by Crippen LogP contribution is -2.36. The fourth-order valence-electron chi connectivity index (χ4n) is 2.83. The predicted molar refractivity (Wildman–Crippen MR) is 94.5 cm³/mol. The highest BCUT2D eigenvalue weighted by atomic mass is 19.1. The number of aliphatic hydroxyl groups is 1. The average Bonchev–Trinajstić information content (AvgIpc) is 2.93. The molecule has 0 unspecified atom stereocenters. The summed E-state index contributed by atoms with van der Waals surface area (Å²) in [5.41, 5.74) is 1.02. The van der Waals surface area contributed by atoms with E-state index < -0.39 is 0 Å². The van der Waals surface area contributed by atoms with Crippen molar-refractivity contribution < 1.29 is 23.8 Å². The molecule has 2 aromatic carbocycles. The van der Waals surface area contributed by atoms with Crippen LogP contribution < -0.4 is 4.74 Å². The van der Waals surface area contributed by atoms with E-state index in [0.29, 0.717) is 43.2 Å². The van der Waals surface area contributed by atoms with Crippen LogP contribution in [-0.4, -0.2) is 48.8 Å². The van der Waals surface area contributed by atoms with Crippen LogP contribution in [0.1, 0.15) is 15.9 Å². The van der Waals surface area contributed by atoms with Gasteiger partial charge >= 0.3 is 0 Å². The van der Waals surface area contributed by atoms with Crippen LogP contribution in [0.3, 0.4) is 0 Å². The number of ether oxygens (including phenoxy) is 2. The van der Waals surface area contributed by atoms with Crippen molar-refractivity contribution >= 4 is 5.91 Å². The standard InChI is InChI=1S/C20H22FNO4/c21-19-4-2-1-3-17(19)14-26-18-7-5-16(6-8-18)20(24)22-9-10-25-13-15(11-22)12-23/h1-8,15,23H,9-14H2/t15-/m1/s1. The average molecular weight is 359 g/mol. The molecule has 26 heavy (non-hydrogen) atoms. The van der Waals surface area contributed by atoms with Crippen LogP contribution in [0.4, 0.5) is 4.39 Å².